The van der Waals surface area contributed by atoms with Gasteiger partial charge in [-0.2, -0.15) is 0 Å². The van der Waals surface area contributed by atoms with E-state index in [1.807, 2.05) is 25.1 Å². The second kappa shape index (κ2) is 10.2. The molecule has 1 saturated carbocycles. The van der Waals surface area contributed by atoms with Crippen LogP contribution in [0.1, 0.15) is 52.4 Å². The maximum atomic E-state index is 12.9. The number of carbonyl (C=O) groups excluding carboxylic acids is 4. The molecule has 0 aromatic heterocycles. The van der Waals surface area contributed by atoms with E-state index in [-0.39, 0.29) is 54.6 Å². The van der Waals surface area contributed by atoms with Crippen molar-refractivity contribution in [3.63, 3.8) is 0 Å². The van der Waals surface area contributed by atoms with Gasteiger partial charge in [-0.1, -0.05) is 31.9 Å². The van der Waals surface area contributed by atoms with E-state index in [0.717, 1.165) is 25.7 Å². The molecule has 34 heavy (non-hydrogen) atoms. The summed E-state index contributed by atoms with van der Waals surface area (Å²) in [6.07, 6.45) is 3.77. The molecule has 4 rings (SSSR count). The molecule has 3 amide bonds. The molecule has 0 radical (unpaired) electrons. The Labute approximate surface area is 198 Å². The smallest absolute Gasteiger partial charge is 0.343 e. The Bertz CT molecular complexity index is 1050. The zero-order chi connectivity index (χ0) is 24.2. The molecule has 9 nitrogen and oxygen atoms in total. The first kappa shape index (κ1) is 23.7. The summed E-state index contributed by atoms with van der Waals surface area (Å²) in [5.74, 6) is -1.78. The zero-order valence-corrected chi connectivity index (χ0v) is 19.6. The number of fused-ring (bicyclic) bond motifs is 2. The Kier molecular flexibility index (Phi) is 7.09. The number of amides is 3. The van der Waals surface area contributed by atoms with Gasteiger partial charge in [-0.15, -0.1) is 0 Å². The van der Waals surface area contributed by atoms with Crippen molar-refractivity contribution in [2.75, 3.05) is 18.5 Å². The molecule has 2 fully saturated rings. The van der Waals surface area contributed by atoms with Gasteiger partial charge in [0.2, 0.25) is 17.7 Å². The molecule has 0 bridgehead atoms. The predicted molar refractivity (Wildman–Crippen MR) is 126 cm³/mol. The number of rotatable bonds is 6. The normalized spacial score (nSPS) is 21.8. The Morgan fingerprint density at radius 3 is 2.44 bits per heavy atom. The minimum atomic E-state index is -0.590. The van der Waals surface area contributed by atoms with Gasteiger partial charge in [0.25, 0.3) is 0 Å². The van der Waals surface area contributed by atoms with Crippen molar-refractivity contribution in [3.8, 4) is 0 Å². The molecule has 2 atom stereocenters. The summed E-state index contributed by atoms with van der Waals surface area (Å²) >= 11 is 0. The Balaban J connectivity index is 1.53. The lowest BCUT2D eigenvalue weighted by atomic mass is 9.81. The fourth-order valence-electron chi connectivity index (χ4n) is 4.86. The van der Waals surface area contributed by atoms with Crippen LogP contribution in [0.4, 0.5) is 11.4 Å². The number of nitrogens with zero attached hydrogens (tertiary/aromatic N) is 2. The largest absolute Gasteiger partial charge is 0.462 e. The molecule has 9 heteroatoms. The van der Waals surface area contributed by atoms with Crippen LogP contribution in [-0.4, -0.2) is 47.6 Å². The molecule has 2 N–H and O–H groups in total. The van der Waals surface area contributed by atoms with E-state index in [2.05, 4.69) is 15.6 Å². The van der Waals surface area contributed by atoms with E-state index >= 15 is 0 Å². The third-order valence-electron chi connectivity index (χ3n) is 6.55. The van der Waals surface area contributed by atoms with Crippen molar-refractivity contribution in [3.05, 3.63) is 35.5 Å². The van der Waals surface area contributed by atoms with E-state index in [1.54, 1.807) is 13.0 Å². The number of imide groups is 1. The highest BCUT2D eigenvalue weighted by Crippen LogP contribution is 2.38. The molecule has 1 aliphatic carbocycles. The molecule has 0 spiro atoms. The van der Waals surface area contributed by atoms with Crippen molar-refractivity contribution < 1.29 is 23.9 Å². The van der Waals surface area contributed by atoms with Crippen molar-refractivity contribution >= 4 is 40.9 Å². The number of ether oxygens (including phenoxy) is 1. The summed E-state index contributed by atoms with van der Waals surface area (Å²) < 4.78 is 5.24. The lowest BCUT2D eigenvalue weighted by Gasteiger charge is -2.19. The van der Waals surface area contributed by atoms with E-state index in [0.29, 0.717) is 23.5 Å². The first-order chi connectivity index (χ1) is 16.4. The first-order valence-corrected chi connectivity index (χ1v) is 11.9. The van der Waals surface area contributed by atoms with Gasteiger partial charge in [0.15, 0.2) is 0 Å². The standard InChI is InChI=1S/C25H30N4O5/c1-3-17-21(25(33)34-4-2)22(27-19-12-8-7-11-18(19)26-17)28-20(30)13-14-29-23(31)15-9-5-6-10-16(15)24(29)32/h7-8,11-12,15-16,26H,3-6,9-10,13-14H2,1-2H3,(H,27,28,30)/t15-,16-/m0/s1. The fraction of sp³-hybridized carbons (Fsp3) is 0.480. The molecule has 3 aliphatic rings. The minimum absolute atomic E-state index is 0.0116. The summed E-state index contributed by atoms with van der Waals surface area (Å²) in [5, 5.41) is 5.97. The number of anilines is 1. The monoisotopic (exact) mass is 466 g/mol. The maximum Gasteiger partial charge on any atom is 0.343 e. The topological polar surface area (TPSA) is 117 Å². The van der Waals surface area contributed by atoms with Crippen molar-refractivity contribution in [2.24, 2.45) is 16.8 Å². The summed E-state index contributed by atoms with van der Waals surface area (Å²) in [6, 6.07) is 7.28. The van der Waals surface area contributed by atoms with Crippen molar-refractivity contribution in [1.82, 2.24) is 10.2 Å². The quantitative estimate of drug-likeness (QED) is 0.492. The molecule has 1 saturated heterocycles. The number of allylic oxidation sites excluding steroid dienone is 1. The van der Waals surface area contributed by atoms with Gasteiger partial charge in [-0.3, -0.25) is 19.3 Å². The van der Waals surface area contributed by atoms with Crippen LogP contribution in [0.3, 0.4) is 0 Å². The number of esters is 1. The number of likely N-dealkylation sites (tertiary alicyclic amines) is 1. The molecule has 2 heterocycles. The van der Waals surface area contributed by atoms with Crippen LogP contribution in [-0.2, 0) is 23.9 Å². The van der Waals surface area contributed by atoms with Gasteiger partial charge in [-0.25, -0.2) is 9.79 Å². The third-order valence-corrected chi connectivity index (χ3v) is 6.55. The third kappa shape index (κ3) is 4.60. The first-order valence-electron chi connectivity index (χ1n) is 11.9. The molecule has 1 aromatic rings. The van der Waals surface area contributed by atoms with E-state index in [1.165, 1.54) is 4.90 Å². The van der Waals surface area contributed by atoms with Gasteiger partial charge in [-0.05, 0) is 38.3 Å². The summed E-state index contributed by atoms with van der Waals surface area (Å²) in [7, 11) is 0. The molecule has 2 aliphatic heterocycles. The number of hydrogen-bond donors (Lipinski definition) is 2. The van der Waals surface area contributed by atoms with E-state index < -0.39 is 11.9 Å². The van der Waals surface area contributed by atoms with E-state index in [4.69, 9.17) is 4.74 Å². The maximum absolute atomic E-state index is 12.9. The molecule has 1 aromatic carbocycles. The fourth-order valence-corrected chi connectivity index (χ4v) is 4.86. The van der Waals surface area contributed by atoms with Crippen LogP contribution in [0.5, 0.6) is 0 Å². The van der Waals surface area contributed by atoms with Crippen LogP contribution in [0.15, 0.2) is 40.5 Å². The van der Waals surface area contributed by atoms with Crippen LogP contribution in [0.25, 0.3) is 0 Å². The molecular weight excluding hydrogens is 436 g/mol. The number of hydrogen-bond acceptors (Lipinski definition) is 7. The summed E-state index contributed by atoms with van der Waals surface area (Å²) in [6.45, 7) is 3.78. The Morgan fingerprint density at radius 2 is 1.79 bits per heavy atom. The Hall–Kier alpha value is -3.49. The van der Waals surface area contributed by atoms with Gasteiger partial charge in [0.05, 0.1) is 29.8 Å². The SMILES string of the molecule is CCOC(=O)C1=C(CC)Nc2ccccc2N=C1NC(=O)CCN1C(=O)[C@H]2CCCC[C@@H]2C1=O. The van der Waals surface area contributed by atoms with Gasteiger partial charge < -0.3 is 15.4 Å². The zero-order valence-electron chi connectivity index (χ0n) is 19.6. The highest BCUT2D eigenvalue weighted by Gasteiger charge is 2.47. The van der Waals surface area contributed by atoms with Crippen LogP contribution in [0.2, 0.25) is 0 Å². The molecular formula is C25H30N4O5. The van der Waals surface area contributed by atoms with Gasteiger partial charge >= 0.3 is 5.97 Å². The summed E-state index contributed by atoms with van der Waals surface area (Å²) in [4.78, 5) is 56.9. The van der Waals surface area contributed by atoms with Gasteiger partial charge in [0.1, 0.15) is 11.4 Å². The van der Waals surface area contributed by atoms with E-state index in [9.17, 15) is 19.2 Å². The van der Waals surface area contributed by atoms with Crippen LogP contribution < -0.4 is 10.6 Å². The predicted octanol–water partition coefficient (Wildman–Crippen LogP) is 3.05. The average molecular weight is 467 g/mol. The highest BCUT2D eigenvalue weighted by atomic mass is 16.5. The lowest BCUT2D eigenvalue weighted by Crippen LogP contribution is -2.39. The van der Waals surface area contributed by atoms with Crippen LogP contribution in [0, 0.1) is 11.8 Å². The number of amidine groups is 1. The number of aliphatic imine (C=N–C) groups is 1. The Morgan fingerprint density at radius 1 is 1.12 bits per heavy atom. The van der Waals surface area contributed by atoms with Gasteiger partial charge in [0, 0.05) is 18.7 Å². The number of nitrogens with one attached hydrogen (secondary N) is 2. The van der Waals surface area contributed by atoms with Crippen molar-refractivity contribution in [2.45, 2.75) is 52.4 Å². The number of carbonyl (C=O) groups is 4. The summed E-state index contributed by atoms with van der Waals surface area (Å²) in [5.41, 5.74) is 2.02. The second-order valence-corrected chi connectivity index (χ2v) is 8.65. The van der Waals surface area contributed by atoms with Crippen molar-refractivity contribution in [1.29, 1.82) is 0 Å². The second-order valence-electron chi connectivity index (χ2n) is 8.65. The molecule has 180 valence electrons. The van der Waals surface area contributed by atoms with Crippen LogP contribution >= 0.6 is 0 Å². The minimum Gasteiger partial charge on any atom is -0.462 e. The molecule has 0 unspecified atom stereocenters. The lowest BCUT2D eigenvalue weighted by molar-refractivity contribution is -0.140. The average Bonchev–Trinajstić information content (AvgIpc) is 2.98. The highest BCUT2D eigenvalue weighted by molar-refractivity contribution is 6.24. The number of para-hydroxylation sites is 2. The number of benzene rings is 1.